The number of carbonyl (C=O) groups excluding carboxylic acids is 1. The van der Waals surface area contributed by atoms with Crippen molar-refractivity contribution >= 4 is 27.5 Å². The van der Waals surface area contributed by atoms with Gasteiger partial charge in [-0.2, -0.15) is 0 Å². The number of rotatable bonds is 4. The molecule has 0 radical (unpaired) electrons. The Kier molecular flexibility index (Phi) is 4.27. The standard InChI is InChI=1S/C14H16BrN3O/c1-2-18-9-12(16)7-13(18)14(19)17-8-10-3-5-11(15)6-4-10/h3-7,9H,2,8,16H2,1H3,(H,17,19). The number of aryl methyl sites for hydroxylation is 1. The maximum absolute atomic E-state index is 12.1. The van der Waals surface area contributed by atoms with Gasteiger partial charge in [-0.3, -0.25) is 4.79 Å². The molecule has 2 rings (SSSR count). The van der Waals surface area contributed by atoms with Gasteiger partial charge in [-0.05, 0) is 30.7 Å². The minimum Gasteiger partial charge on any atom is -0.397 e. The lowest BCUT2D eigenvalue weighted by molar-refractivity contribution is 0.0942. The first kappa shape index (κ1) is 13.7. The van der Waals surface area contributed by atoms with Crippen LogP contribution in [0.3, 0.4) is 0 Å². The van der Waals surface area contributed by atoms with E-state index in [1.807, 2.05) is 35.8 Å². The lowest BCUT2D eigenvalue weighted by Crippen LogP contribution is -2.25. The fourth-order valence-corrected chi connectivity index (χ4v) is 2.12. The third-order valence-electron chi connectivity index (χ3n) is 2.86. The van der Waals surface area contributed by atoms with E-state index in [0.717, 1.165) is 16.6 Å². The largest absolute Gasteiger partial charge is 0.397 e. The molecule has 19 heavy (non-hydrogen) atoms. The van der Waals surface area contributed by atoms with Crippen molar-refractivity contribution in [1.82, 2.24) is 9.88 Å². The number of carbonyl (C=O) groups is 1. The molecule has 0 atom stereocenters. The summed E-state index contributed by atoms with van der Waals surface area (Å²) in [4.78, 5) is 12.1. The average molecular weight is 322 g/mol. The van der Waals surface area contributed by atoms with Crippen LogP contribution in [0.4, 0.5) is 5.69 Å². The summed E-state index contributed by atoms with van der Waals surface area (Å²) < 4.78 is 2.86. The van der Waals surface area contributed by atoms with Gasteiger partial charge in [0.2, 0.25) is 0 Å². The molecule has 2 aromatic rings. The summed E-state index contributed by atoms with van der Waals surface area (Å²) in [5.41, 5.74) is 7.97. The Bertz CT molecular complexity index is 575. The van der Waals surface area contributed by atoms with Crippen molar-refractivity contribution in [3.8, 4) is 0 Å². The predicted molar refractivity (Wildman–Crippen MR) is 79.8 cm³/mol. The number of nitrogens with zero attached hydrogens (tertiary/aromatic N) is 1. The normalized spacial score (nSPS) is 10.4. The second-order valence-electron chi connectivity index (χ2n) is 4.25. The molecule has 4 nitrogen and oxygen atoms in total. The van der Waals surface area contributed by atoms with E-state index >= 15 is 0 Å². The van der Waals surface area contributed by atoms with Gasteiger partial charge in [-0.25, -0.2) is 0 Å². The molecule has 0 unspecified atom stereocenters. The Morgan fingerprint density at radius 3 is 2.68 bits per heavy atom. The van der Waals surface area contributed by atoms with Gasteiger partial charge < -0.3 is 15.6 Å². The number of amides is 1. The zero-order valence-electron chi connectivity index (χ0n) is 10.7. The number of aromatic nitrogens is 1. The summed E-state index contributed by atoms with van der Waals surface area (Å²) in [6, 6.07) is 9.54. The Labute approximate surface area is 120 Å². The monoisotopic (exact) mass is 321 g/mol. The second kappa shape index (κ2) is 5.93. The van der Waals surface area contributed by atoms with Crippen LogP contribution in [-0.4, -0.2) is 10.5 Å². The van der Waals surface area contributed by atoms with Crippen molar-refractivity contribution in [3.63, 3.8) is 0 Å². The third kappa shape index (κ3) is 3.38. The van der Waals surface area contributed by atoms with Crippen molar-refractivity contribution in [2.45, 2.75) is 20.0 Å². The molecule has 0 saturated heterocycles. The van der Waals surface area contributed by atoms with Crippen LogP contribution < -0.4 is 11.1 Å². The molecule has 0 spiro atoms. The summed E-state index contributed by atoms with van der Waals surface area (Å²) in [6.45, 7) is 3.20. The van der Waals surface area contributed by atoms with Gasteiger partial charge in [-0.1, -0.05) is 28.1 Å². The van der Waals surface area contributed by atoms with Crippen molar-refractivity contribution in [1.29, 1.82) is 0 Å². The van der Waals surface area contributed by atoms with Crippen LogP contribution in [0.5, 0.6) is 0 Å². The van der Waals surface area contributed by atoms with Crippen LogP contribution >= 0.6 is 15.9 Å². The van der Waals surface area contributed by atoms with Gasteiger partial charge in [0, 0.05) is 23.8 Å². The van der Waals surface area contributed by atoms with E-state index in [0.29, 0.717) is 17.9 Å². The molecule has 100 valence electrons. The highest BCUT2D eigenvalue weighted by atomic mass is 79.9. The highest BCUT2D eigenvalue weighted by molar-refractivity contribution is 9.10. The van der Waals surface area contributed by atoms with E-state index in [9.17, 15) is 4.79 Å². The first-order valence-electron chi connectivity index (χ1n) is 6.08. The third-order valence-corrected chi connectivity index (χ3v) is 3.39. The molecular formula is C14H16BrN3O. The highest BCUT2D eigenvalue weighted by Gasteiger charge is 2.11. The molecule has 1 heterocycles. The second-order valence-corrected chi connectivity index (χ2v) is 5.17. The topological polar surface area (TPSA) is 60.0 Å². The Morgan fingerprint density at radius 1 is 1.37 bits per heavy atom. The summed E-state index contributed by atoms with van der Waals surface area (Å²) in [7, 11) is 0. The average Bonchev–Trinajstić information content (AvgIpc) is 2.79. The Morgan fingerprint density at radius 2 is 2.05 bits per heavy atom. The van der Waals surface area contributed by atoms with Crippen molar-refractivity contribution in [2.75, 3.05) is 5.73 Å². The fraction of sp³-hybridized carbons (Fsp3) is 0.214. The van der Waals surface area contributed by atoms with Crippen LogP contribution in [0, 0.1) is 0 Å². The summed E-state index contributed by atoms with van der Waals surface area (Å²) in [6.07, 6.45) is 1.77. The van der Waals surface area contributed by atoms with E-state index in [2.05, 4.69) is 21.2 Å². The number of anilines is 1. The molecular weight excluding hydrogens is 306 g/mol. The number of halogens is 1. The molecule has 0 aliphatic rings. The molecule has 1 amide bonds. The van der Waals surface area contributed by atoms with Gasteiger partial charge >= 0.3 is 0 Å². The number of hydrogen-bond donors (Lipinski definition) is 2. The van der Waals surface area contributed by atoms with Crippen LogP contribution in [0.25, 0.3) is 0 Å². The minimum absolute atomic E-state index is 0.110. The summed E-state index contributed by atoms with van der Waals surface area (Å²) in [5, 5.41) is 2.89. The molecule has 0 aliphatic heterocycles. The van der Waals surface area contributed by atoms with Crippen molar-refractivity contribution < 1.29 is 4.79 Å². The number of nitrogens with one attached hydrogen (secondary N) is 1. The van der Waals surface area contributed by atoms with Gasteiger partial charge in [0.25, 0.3) is 5.91 Å². The van der Waals surface area contributed by atoms with Gasteiger partial charge in [0.05, 0.1) is 5.69 Å². The molecule has 1 aromatic carbocycles. The maximum atomic E-state index is 12.1. The lowest BCUT2D eigenvalue weighted by atomic mass is 10.2. The first-order chi connectivity index (χ1) is 9.10. The number of benzene rings is 1. The molecule has 0 fully saturated rings. The van der Waals surface area contributed by atoms with Crippen LogP contribution in [-0.2, 0) is 13.1 Å². The molecule has 5 heteroatoms. The number of nitrogen functional groups attached to an aromatic ring is 1. The Hall–Kier alpha value is -1.75. The van der Waals surface area contributed by atoms with Gasteiger partial charge in [0.1, 0.15) is 5.69 Å². The minimum atomic E-state index is -0.110. The zero-order valence-corrected chi connectivity index (χ0v) is 12.3. The lowest BCUT2D eigenvalue weighted by Gasteiger charge is -2.07. The molecule has 1 aromatic heterocycles. The predicted octanol–water partition coefficient (Wildman–Crippen LogP) is 2.78. The fourth-order valence-electron chi connectivity index (χ4n) is 1.86. The summed E-state index contributed by atoms with van der Waals surface area (Å²) >= 11 is 3.38. The molecule has 0 aliphatic carbocycles. The quantitative estimate of drug-likeness (QED) is 0.909. The number of hydrogen-bond acceptors (Lipinski definition) is 2. The maximum Gasteiger partial charge on any atom is 0.268 e. The number of nitrogens with two attached hydrogens (primary N) is 1. The van der Waals surface area contributed by atoms with Crippen LogP contribution in [0.15, 0.2) is 41.0 Å². The smallest absolute Gasteiger partial charge is 0.268 e. The molecule has 0 saturated carbocycles. The van der Waals surface area contributed by atoms with Crippen LogP contribution in [0.1, 0.15) is 23.0 Å². The van der Waals surface area contributed by atoms with E-state index in [1.54, 1.807) is 12.3 Å². The zero-order chi connectivity index (χ0) is 13.8. The Balaban J connectivity index is 2.03. The van der Waals surface area contributed by atoms with Crippen molar-refractivity contribution in [2.24, 2.45) is 0 Å². The first-order valence-corrected chi connectivity index (χ1v) is 6.87. The molecule has 0 bridgehead atoms. The highest BCUT2D eigenvalue weighted by Crippen LogP contribution is 2.12. The SMILES string of the molecule is CCn1cc(N)cc1C(=O)NCc1ccc(Br)cc1. The van der Waals surface area contributed by atoms with Gasteiger partial charge in [0.15, 0.2) is 0 Å². The van der Waals surface area contributed by atoms with Gasteiger partial charge in [-0.15, -0.1) is 0 Å². The molecule has 3 N–H and O–H groups in total. The van der Waals surface area contributed by atoms with E-state index in [-0.39, 0.29) is 5.91 Å². The van der Waals surface area contributed by atoms with Crippen LogP contribution in [0.2, 0.25) is 0 Å². The summed E-state index contributed by atoms with van der Waals surface area (Å²) in [5.74, 6) is -0.110. The van der Waals surface area contributed by atoms with E-state index < -0.39 is 0 Å². The van der Waals surface area contributed by atoms with Crippen molar-refractivity contribution in [3.05, 3.63) is 52.3 Å². The van der Waals surface area contributed by atoms with E-state index in [1.165, 1.54) is 0 Å². The van der Waals surface area contributed by atoms with E-state index in [4.69, 9.17) is 5.73 Å².